The summed E-state index contributed by atoms with van der Waals surface area (Å²) in [5.74, 6) is 0. The summed E-state index contributed by atoms with van der Waals surface area (Å²) in [6, 6.07) is 8.82. The minimum absolute atomic E-state index is 0.349. The molecule has 1 atom stereocenters. The van der Waals surface area contributed by atoms with E-state index in [1.54, 1.807) is 11.3 Å². The zero-order valence-corrected chi connectivity index (χ0v) is 12.3. The first kappa shape index (κ1) is 13.6. The van der Waals surface area contributed by atoms with Gasteiger partial charge in [-0.15, -0.1) is 0 Å². The second kappa shape index (κ2) is 6.37. The Hall–Kier alpha value is -0.830. The van der Waals surface area contributed by atoms with Crippen molar-refractivity contribution < 1.29 is 0 Å². The Bertz CT molecular complexity index is 493. The number of halogens is 1. The van der Waals surface area contributed by atoms with Gasteiger partial charge in [0, 0.05) is 11.1 Å². The molecule has 0 aliphatic rings. The molecule has 96 valence electrons. The molecule has 3 heteroatoms. The van der Waals surface area contributed by atoms with Gasteiger partial charge in [-0.3, -0.25) is 0 Å². The zero-order chi connectivity index (χ0) is 13.0. The summed E-state index contributed by atoms with van der Waals surface area (Å²) < 4.78 is 0. The fourth-order valence-electron chi connectivity index (χ4n) is 2.07. The van der Waals surface area contributed by atoms with E-state index in [0.29, 0.717) is 6.04 Å². The number of benzene rings is 1. The molecule has 0 aliphatic carbocycles. The van der Waals surface area contributed by atoms with Gasteiger partial charge < -0.3 is 5.32 Å². The zero-order valence-electron chi connectivity index (χ0n) is 10.7. The van der Waals surface area contributed by atoms with Crippen LogP contribution in [-0.2, 0) is 6.42 Å². The molecule has 0 fully saturated rings. The first-order valence-electron chi connectivity index (χ1n) is 6.21. The van der Waals surface area contributed by atoms with Gasteiger partial charge in [-0.1, -0.05) is 30.7 Å². The SMILES string of the molecule is CCNC(Cc1ccc(C)cc1Cl)c1ccsc1. The molecule has 0 aliphatic heterocycles. The highest BCUT2D eigenvalue weighted by atomic mass is 35.5. The van der Waals surface area contributed by atoms with Crippen LogP contribution in [0.25, 0.3) is 0 Å². The fourth-order valence-corrected chi connectivity index (χ4v) is 3.09. The molecular weight excluding hydrogens is 262 g/mol. The summed E-state index contributed by atoms with van der Waals surface area (Å²) in [4.78, 5) is 0. The summed E-state index contributed by atoms with van der Waals surface area (Å²) in [5, 5.41) is 8.72. The van der Waals surface area contributed by atoms with Crippen LogP contribution in [-0.4, -0.2) is 6.54 Å². The first-order valence-corrected chi connectivity index (χ1v) is 7.53. The van der Waals surface area contributed by atoms with Gasteiger partial charge in [-0.05, 0) is 59.5 Å². The van der Waals surface area contributed by atoms with Crippen molar-refractivity contribution in [2.45, 2.75) is 26.3 Å². The number of hydrogen-bond donors (Lipinski definition) is 1. The van der Waals surface area contributed by atoms with Gasteiger partial charge >= 0.3 is 0 Å². The van der Waals surface area contributed by atoms with E-state index in [1.165, 1.54) is 16.7 Å². The normalized spacial score (nSPS) is 12.6. The first-order chi connectivity index (χ1) is 8.70. The maximum absolute atomic E-state index is 6.31. The van der Waals surface area contributed by atoms with Gasteiger partial charge in [0.1, 0.15) is 0 Å². The fraction of sp³-hybridized carbons (Fsp3) is 0.333. The monoisotopic (exact) mass is 279 g/mol. The quantitative estimate of drug-likeness (QED) is 0.843. The molecule has 1 nitrogen and oxygen atoms in total. The van der Waals surface area contributed by atoms with Crippen molar-refractivity contribution in [1.82, 2.24) is 5.32 Å². The van der Waals surface area contributed by atoms with Gasteiger partial charge in [-0.2, -0.15) is 11.3 Å². The van der Waals surface area contributed by atoms with E-state index in [0.717, 1.165) is 18.0 Å². The second-order valence-corrected chi connectivity index (χ2v) is 5.65. The van der Waals surface area contributed by atoms with Crippen LogP contribution in [0.1, 0.15) is 29.7 Å². The van der Waals surface area contributed by atoms with E-state index in [4.69, 9.17) is 11.6 Å². The van der Waals surface area contributed by atoms with Crippen LogP contribution in [0.15, 0.2) is 35.0 Å². The molecule has 0 bridgehead atoms. The lowest BCUT2D eigenvalue weighted by molar-refractivity contribution is 0.551. The molecule has 0 saturated heterocycles. The second-order valence-electron chi connectivity index (χ2n) is 4.47. The summed E-state index contributed by atoms with van der Waals surface area (Å²) in [6.07, 6.45) is 0.934. The van der Waals surface area contributed by atoms with Gasteiger partial charge in [0.2, 0.25) is 0 Å². The molecule has 2 aromatic rings. The van der Waals surface area contributed by atoms with E-state index in [2.05, 4.69) is 48.1 Å². The minimum Gasteiger partial charge on any atom is -0.310 e. The third-order valence-corrected chi connectivity index (χ3v) is 4.08. The highest BCUT2D eigenvalue weighted by molar-refractivity contribution is 7.07. The van der Waals surface area contributed by atoms with Crippen LogP contribution in [0.5, 0.6) is 0 Å². The maximum Gasteiger partial charge on any atom is 0.0441 e. The Balaban J connectivity index is 2.18. The van der Waals surface area contributed by atoms with Crippen molar-refractivity contribution in [3.63, 3.8) is 0 Å². The lowest BCUT2D eigenvalue weighted by Gasteiger charge is -2.18. The van der Waals surface area contributed by atoms with Crippen LogP contribution in [0.3, 0.4) is 0 Å². The largest absolute Gasteiger partial charge is 0.310 e. The molecule has 1 aromatic carbocycles. The van der Waals surface area contributed by atoms with Gasteiger partial charge in [0.15, 0.2) is 0 Å². The molecule has 0 radical (unpaired) electrons. The van der Waals surface area contributed by atoms with Gasteiger partial charge in [0.25, 0.3) is 0 Å². The Labute approximate surface area is 118 Å². The van der Waals surface area contributed by atoms with Crippen LogP contribution in [0.2, 0.25) is 5.02 Å². The molecule has 0 spiro atoms. The predicted octanol–water partition coefficient (Wildman–Crippen LogP) is 4.60. The summed E-state index contributed by atoms with van der Waals surface area (Å²) in [5.41, 5.74) is 3.76. The van der Waals surface area contributed by atoms with Crippen molar-refractivity contribution in [1.29, 1.82) is 0 Å². The van der Waals surface area contributed by atoms with Crippen LogP contribution in [0, 0.1) is 6.92 Å². The molecule has 2 rings (SSSR count). The summed E-state index contributed by atoms with van der Waals surface area (Å²) >= 11 is 8.05. The topological polar surface area (TPSA) is 12.0 Å². The molecule has 1 N–H and O–H groups in total. The van der Waals surface area contributed by atoms with Crippen molar-refractivity contribution in [2.24, 2.45) is 0 Å². The van der Waals surface area contributed by atoms with Crippen molar-refractivity contribution in [3.8, 4) is 0 Å². The standard InChI is InChI=1S/C15H18ClNS/c1-3-17-15(13-6-7-18-10-13)9-12-5-4-11(2)8-14(12)16/h4-8,10,15,17H,3,9H2,1-2H3. The molecular formula is C15H18ClNS. The highest BCUT2D eigenvalue weighted by Gasteiger charge is 2.13. The molecule has 1 aromatic heterocycles. The van der Waals surface area contributed by atoms with Crippen LogP contribution >= 0.6 is 22.9 Å². The lowest BCUT2D eigenvalue weighted by atomic mass is 10.0. The average molecular weight is 280 g/mol. The Morgan fingerprint density at radius 3 is 2.78 bits per heavy atom. The van der Waals surface area contributed by atoms with Gasteiger partial charge in [0.05, 0.1) is 0 Å². The van der Waals surface area contributed by atoms with E-state index < -0.39 is 0 Å². The predicted molar refractivity (Wildman–Crippen MR) is 80.6 cm³/mol. The Morgan fingerprint density at radius 1 is 1.33 bits per heavy atom. The molecule has 18 heavy (non-hydrogen) atoms. The number of thiophene rings is 1. The summed E-state index contributed by atoms with van der Waals surface area (Å²) in [6.45, 7) is 5.16. The van der Waals surface area contributed by atoms with Crippen LogP contribution in [0.4, 0.5) is 0 Å². The maximum atomic E-state index is 6.31. The average Bonchev–Trinajstić information content (AvgIpc) is 2.85. The Kier molecular flexibility index (Phi) is 4.81. The van der Waals surface area contributed by atoms with E-state index in [9.17, 15) is 0 Å². The highest BCUT2D eigenvalue weighted by Crippen LogP contribution is 2.25. The van der Waals surface area contributed by atoms with Crippen molar-refractivity contribution >= 4 is 22.9 Å². The third kappa shape index (κ3) is 3.35. The number of nitrogens with one attached hydrogen (secondary N) is 1. The number of hydrogen-bond acceptors (Lipinski definition) is 2. The van der Waals surface area contributed by atoms with Crippen molar-refractivity contribution in [2.75, 3.05) is 6.54 Å². The molecule has 0 amide bonds. The summed E-state index contributed by atoms with van der Waals surface area (Å²) in [7, 11) is 0. The number of likely N-dealkylation sites (N-methyl/N-ethyl adjacent to an activating group) is 1. The van der Waals surface area contributed by atoms with E-state index >= 15 is 0 Å². The third-order valence-electron chi connectivity index (χ3n) is 3.03. The van der Waals surface area contributed by atoms with E-state index in [-0.39, 0.29) is 0 Å². The molecule has 1 heterocycles. The minimum atomic E-state index is 0.349. The smallest absolute Gasteiger partial charge is 0.0441 e. The van der Waals surface area contributed by atoms with Crippen molar-refractivity contribution in [3.05, 3.63) is 56.7 Å². The number of aryl methyl sites for hydroxylation is 1. The van der Waals surface area contributed by atoms with E-state index in [1.807, 2.05) is 6.07 Å². The Morgan fingerprint density at radius 2 is 2.17 bits per heavy atom. The number of rotatable bonds is 5. The van der Waals surface area contributed by atoms with Gasteiger partial charge in [-0.25, -0.2) is 0 Å². The lowest BCUT2D eigenvalue weighted by Crippen LogP contribution is -2.22. The molecule has 1 unspecified atom stereocenters. The van der Waals surface area contributed by atoms with Crippen LogP contribution < -0.4 is 5.32 Å². The molecule has 0 saturated carbocycles.